The quantitative estimate of drug-likeness (QED) is 0.865. The van der Waals surface area contributed by atoms with Crippen molar-refractivity contribution in [2.24, 2.45) is 0 Å². The molecule has 100 valence electrons. The fourth-order valence-corrected chi connectivity index (χ4v) is 2.03. The summed E-state index contributed by atoms with van der Waals surface area (Å²) in [6.07, 6.45) is 2.72. The number of nitrogens with one attached hydrogen (secondary N) is 2. The van der Waals surface area contributed by atoms with Crippen LogP contribution in [0.3, 0.4) is 0 Å². The van der Waals surface area contributed by atoms with Crippen molar-refractivity contribution < 1.29 is 0 Å². The van der Waals surface area contributed by atoms with Crippen LogP contribution in [0.25, 0.3) is 0 Å². The molecule has 1 heterocycles. The molecule has 0 fully saturated rings. The summed E-state index contributed by atoms with van der Waals surface area (Å²) >= 11 is 0. The highest BCUT2D eigenvalue weighted by atomic mass is 16.1. The van der Waals surface area contributed by atoms with Crippen LogP contribution in [0, 0.1) is 0 Å². The third kappa shape index (κ3) is 3.44. The van der Waals surface area contributed by atoms with Crippen LogP contribution >= 0.6 is 0 Å². The number of rotatable bonds is 5. The zero-order valence-corrected chi connectivity index (χ0v) is 11.4. The Morgan fingerprint density at radius 1 is 1.26 bits per heavy atom. The van der Waals surface area contributed by atoms with Crippen LogP contribution < -0.4 is 10.9 Å². The molecular formula is C15H19N3O. The highest BCUT2D eigenvalue weighted by Gasteiger charge is 2.04. The Balaban J connectivity index is 2.30. The third-order valence-corrected chi connectivity index (χ3v) is 2.95. The van der Waals surface area contributed by atoms with Gasteiger partial charge in [-0.05, 0) is 24.5 Å². The molecule has 0 amide bonds. The van der Waals surface area contributed by atoms with Crippen molar-refractivity contribution in [3.8, 4) is 0 Å². The number of aromatic nitrogens is 2. The Labute approximate surface area is 112 Å². The molecular weight excluding hydrogens is 238 g/mol. The van der Waals surface area contributed by atoms with E-state index < -0.39 is 0 Å². The van der Waals surface area contributed by atoms with Gasteiger partial charge in [0.1, 0.15) is 0 Å². The van der Waals surface area contributed by atoms with Crippen LogP contribution in [0.15, 0.2) is 35.1 Å². The number of H-pyrrole nitrogens is 1. The molecule has 0 aliphatic heterocycles. The second-order valence-corrected chi connectivity index (χ2v) is 4.47. The number of hydrogen-bond donors (Lipinski definition) is 2. The minimum Gasteiger partial charge on any atom is -0.325 e. The summed E-state index contributed by atoms with van der Waals surface area (Å²) in [5, 5.41) is 3.20. The molecule has 2 N–H and O–H groups in total. The molecule has 0 aliphatic rings. The van der Waals surface area contributed by atoms with Gasteiger partial charge in [0.2, 0.25) is 5.95 Å². The second kappa shape index (κ2) is 6.18. The predicted molar refractivity (Wildman–Crippen MR) is 78.0 cm³/mol. The minimum atomic E-state index is -0.116. The lowest BCUT2D eigenvalue weighted by molar-refractivity contribution is 0.869. The summed E-state index contributed by atoms with van der Waals surface area (Å²) in [7, 11) is 0. The summed E-state index contributed by atoms with van der Waals surface area (Å²) < 4.78 is 0. The monoisotopic (exact) mass is 257 g/mol. The van der Waals surface area contributed by atoms with Gasteiger partial charge in [0.15, 0.2) is 0 Å². The molecule has 0 saturated heterocycles. The number of hydrogen-bond acceptors (Lipinski definition) is 3. The Morgan fingerprint density at radius 2 is 2.05 bits per heavy atom. The van der Waals surface area contributed by atoms with Gasteiger partial charge in [0.25, 0.3) is 5.56 Å². The van der Waals surface area contributed by atoms with Crippen molar-refractivity contribution >= 4 is 11.6 Å². The number of para-hydroxylation sites is 1. The largest absolute Gasteiger partial charge is 0.325 e. The molecule has 0 saturated carbocycles. The fraction of sp³-hybridized carbons (Fsp3) is 0.333. The van der Waals surface area contributed by atoms with Crippen LogP contribution in [0.2, 0.25) is 0 Å². The van der Waals surface area contributed by atoms with E-state index in [4.69, 9.17) is 0 Å². The first-order valence-electron chi connectivity index (χ1n) is 6.68. The van der Waals surface area contributed by atoms with Gasteiger partial charge in [-0.25, -0.2) is 4.98 Å². The average molecular weight is 257 g/mol. The lowest BCUT2D eigenvalue weighted by Crippen LogP contribution is -2.12. The standard InChI is InChI=1S/C15H19N3O/c1-3-7-12-10-14(19)18-15(16-12)17-13-9-6-5-8-11(13)4-2/h5-6,8-10H,3-4,7H2,1-2H3,(H2,16,17,18,19). The first-order valence-corrected chi connectivity index (χ1v) is 6.68. The molecule has 2 aromatic rings. The fourth-order valence-electron chi connectivity index (χ4n) is 2.03. The van der Waals surface area contributed by atoms with E-state index >= 15 is 0 Å². The van der Waals surface area contributed by atoms with E-state index in [0.29, 0.717) is 5.95 Å². The highest BCUT2D eigenvalue weighted by Crippen LogP contribution is 2.18. The summed E-state index contributed by atoms with van der Waals surface area (Å²) in [5.74, 6) is 0.511. The summed E-state index contributed by atoms with van der Waals surface area (Å²) in [6, 6.07) is 9.59. The van der Waals surface area contributed by atoms with Crippen LogP contribution in [0.5, 0.6) is 0 Å². The number of benzene rings is 1. The average Bonchev–Trinajstić information content (AvgIpc) is 2.39. The normalized spacial score (nSPS) is 10.4. The maximum absolute atomic E-state index is 11.6. The van der Waals surface area contributed by atoms with Crippen molar-refractivity contribution in [1.29, 1.82) is 0 Å². The van der Waals surface area contributed by atoms with Gasteiger partial charge in [-0.15, -0.1) is 0 Å². The Kier molecular flexibility index (Phi) is 4.34. The van der Waals surface area contributed by atoms with E-state index in [2.05, 4.69) is 35.2 Å². The third-order valence-electron chi connectivity index (χ3n) is 2.95. The van der Waals surface area contributed by atoms with Crippen LogP contribution in [-0.2, 0) is 12.8 Å². The first kappa shape index (κ1) is 13.3. The van der Waals surface area contributed by atoms with E-state index in [1.165, 1.54) is 5.56 Å². The number of aryl methyl sites for hydroxylation is 2. The topological polar surface area (TPSA) is 57.8 Å². The zero-order valence-electron chi connectivity index (χ0n) is 11.4. The maximum atomic E-state index is 11.6. The van der Waals surface area contributed by atoms with E-state index in [1.807, 2.05) is 18.2 Å². The molecule has 0 atom stereocenters. The van der Waals surface area contributed by atoms with E-state index in [0.717, 1.165) is 30.6 Å². The van der Waals surface area contributed by atoms with Gasteiger partial charge in [0.05, 0.1) is 0 Å². The molecule has 0 bridgehead atoms. The lowest BCUT2D eigenvalue weighted by Gasteiger charge is -2.10. The first-order chi connectivity index (χ1) is 9.22. The van der Waals surface area contributed by atoms with E-state index in [1.54, 1.807) is 6.07 Å². The van der Waals surface area contributed by atoms with Gasteiger partial charge in [0, 0.05) is 17.4 Å². The van der Waals surface area contributed by atoms with Crippen molar-refractivity contribution in [1.82, 2.24) is 9.97 Å². The Bertz CT molecular complexity index is 604. The predicted octanol–water partition coefficient (Wildman–Crippen LogP) is 3.03. The molecule has 2 rings (SSSR count). The molecule has 1 aromatic carbocycles. The van der Waals surface area contributed by atoms with Crippen LogP contribution in [0.4, 0.5) is 11.6 Å². The molecule has 4 nitrogen and oxygen atoms in total. The van der Waals surface area contributed by atoms with Crippen LogP contribution in [0.1, 0.15) is 31.5 Å². The Morgan fingerprint density at radius 3 is 2.79 bits per heavy atom. The molecule has 0 aliphatic carbocycles. The summed E-state index contributed by atoms with van der Waals surface area (Å²) in [5.41, 5.74) is 2.89. The maximum Gasteiger partial charge on any atom is 0.252 e. The molecule has 0 radical (unpaired) electrons. The molecule has 1 aromatic heterocycles. The van der Waals surface area contributed by atoms with Crippen molar-refractivity contribution in [2.45, 2.75) is 33.1 Å². The summed E-state index contributed by atoms with van der Waals surface area (Å²) in [6.45, 7) is 4.17. The minimum absolute atomic E-state index is 0.116. The number of aromatic amines is 1. The van der Waals surface area contributed by atoms with Gasteiger partial charge >= 0.3 is 0 Å². The number of nitrogens with zero attached hydrogens (tertiary/aromatic N) is 1. The summed E-state index contributed by atoms with van der Waals surface area (Å²) in [4.78, 5) is 18.8. The number of anilines is 2. The SMILES string of the molecule is CCCc1cc(=O)[nH]c(Nc2ccccc2CC)n1. The molecule has 4 heteroatoms. The van der Waals surface area contributed by atoms with Gasteiger partial charge in [-0.2, -0.15) is 0 Å². The second-order valence-electron chi connectivity index (χ2n) is 4.47. The van der Waals surface area contributed by atoms with Gasteiger partial charge in [-0.3, -0.25) is 9.78 Å². The van der Waals surface area contributed by atoms with Gasteiger partial charge < -0.3 is 5.32 Å². The van der Waals surface area contributed by atoms with Gasteiger partial charge in [-0.1, -0.05) is 38.5 Å². The lowest BCUT2D eigenvalue weighted by atomic mass is 10.1. The van der Waals surface area contributed by atoms with E-state index in [-0.39, 0.29) is 5.56 Å². The van der Waals surface area contributed by atoms with Crippen molar-refractivity contribution in [2.75, 3.05) is 5.32 Å². The molecule has 0 unspecified atom stereocenters. The van der Waals surface area contributed by atoms with Crippen molar-refractivity contribution in [3.63, 3.8) is 0 Å². The smallest absolute Gasteiger partial charge is 0.252 e. The van der Waals surface area contributed by atoms with Crippen LogP contribution in [-0.4, -0.2) is 9.97 Å². The highest BCUT2D eigenvalue weighted by molar-refractivity contribution is 5.58. The van der Waals surface area contributed by atoms with Crippen molar-refractivity contribution in [3.05, 3.63) is 51.9 Å². The molecule has 0 spiro atoms. The van der Waals surface area contributed by atoms with E-state index in [9.17, 15) is 4.79 Å². The Hall–Kier alpha value is -2.10. The molecule has 19 heavy (non-hydrogen) atoms. The zero-order chi connectivity index (χ0) is 13.7.